The Balaban J connectivity index is 2.13. The number of sulfonamides is 1. The molecule has 1 fully saturated rings. The van der Waals surface area contributed by atoms with Crippen molar-refractivity contribution in [3.63, 3.8) is 0 Å². The van der Waals surface area contributed by atoms with Gasteiger partial charge in [0.25, 0.3) is 0 Å². The molecule has 1 aliphatic carbocycles. The summed E-state index contributed by atoms with van der Waals surface area (Å²) in [6.07, 6.45) is 7.71. The van der Waals surface area contributed by atoms with Crippen molar-refractivity contribution in [3.05, 3.63) is 30.1 Å². The molecule has 0 saturated heterocycles. The molecule has 0 spiro atoms. The fraction of sp³-hybridized carbons (Fsp3) is 0.643. The van der Waals surface area contributed by atoms with Crippen LogP contribution in [0.1, 0.15) is 37.7 Å². The molecule has 0 radical (unpaired) electrons. The Morgan fingerprint density at radius 2 is 2.10 bits per heavy atom. The average molecular weight is 297 g/mol. The van der Waals surface area contributed by atoms with Crippen LogP contribution in [0.5, 0.6) is 0 Å². The van der Waals surface area contributed by atoms with Gasteiger partial charge in [-0.25, -0.2) is 8.42 Å². The van der Waals surface area contributed by atoms with Crippen LogP contribution >= 0.6 is 0 Å². The molecule has 0 bridgehead atoms. The van der Waals surface area contributed by atoms with E-state index >= 15 is 0 Å². The molecule has 0 aromatic carbocycles. The van der Waals surface area contributed by atoms with Gasteiger partial charge in [0.15, 0.2) is 0 Å². The van der Waals surface area contributed by atoms with Gasteiger partial charge >= 0.3 is 0 Å². The number of hydrogen-bond acceptors (Lipinski definition) is 4. The highest BCUT2D eigenvalue weighted by molar-refractivity contribution is 7.89. The zero-order valence-electron chi connectivity index (χ0n) is 11.7. The predicted octanol–water partition coefficient (Wildman–Crippen LogP) is 1.50. The van der Waals surface area contributed by atoms with Crippen molar-refractivity contribution in [3.8, 4) is 0 Å². The van der Waals surface area contributed by atoms with Gasteiger partial charge in [0.2, 0.25) is 10.0 Å². The van der Waals surface area contributed by atoms with E-state index in [2.05, 4.69) is 4.98 Å². The van der Waals surface area contributed by atoms with Crippen LogP contribution in [-0.4, -0.2) is 36.0 Å². The van der Waals surface area contributed by atoms with Gasteiger partial charge in [0.05, 0.1) is 5.25 Å². The largest absolute Gasteiger partial charge is 0.330 e. The Hall–Kier alpha value is -0.980. The zero-order chi connectivity index (χ0) is 14.4. The Kier molecular flexibility index (Phi) is 5.51. The van der Waals surface area contributed by atoms with Gasteiger partial charge in [0.1, 0.15) is 0 Å². The summed E-state index contributed by atoms with van der Waals surface area (Å²) >= 11 is 0. The molecular weight excluding hydrogens is 274 g/mol. The topological polar surface area (TPSA) is 76.3 Å². The number of rotatable bonds is 7. The van der Waals surface area contributed by atoms with Crippen LogP contribution in [0.25, 0.3) is 0 Å². The molecule has 1 aliphatic rings. The summed E-state index contributed by atoms with van der Waals surface area (Å²) in [6, 6.07) is 3.74. The average Bonchev–Trinajstić information content (AvgIpc) is 2.99. The van der Waals surface area contributed by atoms with E-state index in [4.69, 9.17) is 5.73 Å². The van der Waals surface area contributed by atoms with Gasteiger partial charge in [-0.05, 0) is 37.4 Å². The van der Waals surface area contributed by atoms with Crippen molar-refractivity contribution in [1.29, 1.82) is 0 Å². The van der Waals surface area contributed by atoms with Gasteiger partial charge in [-0.2, -0.15) is 4.31 Å². The molecule has 0 aliphatic heterocycles. The lowest BCUT2D eigenvalue weighted by Crippen LogP contribution is -2.38. The van der Waals surface area contributed by atoms with Crippen molar-refractivity contribution in [2.24, 2.45) is 5.73 Å². The summed E-state index contributed by atoms with van der Waals surface area (Å²) in [5.74, 6) is 0. The zero-order valence-corrected chi connectivity index (χ0v) is 12.6. The molecule has 112 valence electrons. The second-order valence-electron chi connectivity index (χ2n) is 5.29. The third-order valence-electron chi connectivity index (χ3n) is 3.78. The summed E-state index contributed by atoms with van der Waals surface area (Å²) in [5, 5.41) is -0.211. The lowest BCUT2D eigenvalue weighted by atomic mass is 10.3. The van der Waals surface area contributed by atoms with Crippen LogP contribution in [0.3, 0.4) is 0 Å². The smallest absolute Gasteiger partial charge is 0.217 e. The summed E-state index contributed by atoms with van der Waals surface area (Å²) in [5.41, 5.74) is 6.46. The van der Waals surface area contributed by atoms with Gasteiger partial charge in [-0.1, -0.05) is 18.9 Å². The Labute approximate surface area is 121 Å². The SMILES string of the molecule is NCCCN(Cc1cccnc1)S(=O)(=O)C1CCCC1. The molecule has 6 heteroatoms. The van der Waals surface area contributed by atoms with E-state index < -0.39 is 10.0 Å². The first-order valence-electron chi connectivity index (χ1n) is 7.22. The minimum absolute atomic E-state index is 0.211. The fourth-order valence-electron chi connectivity index (χ4n) is 2.66. The maximum absolute atomic E-state index is 12.7. The Bertz CT molecular complexity index is 498. The van der Waals surface area contributed by atoms with E-state index in [0.717, 1.165) is 31.2 Å². The first-order chi connectivity index (χ1) is 9.64. The van der Waals surface area contributed by atoms with Crippen LogP contribution in [0.2, 0.25) is 0 Å². The standard InChI is InChI=1S/C14H23N3O2S/c15-8-4-10-17(12-13-5-3-9-16-11-13)20(18,19)14-6-1-2-7-14/h3,5,9,11,14H,1-2,4,6-8,10,12,15H2. The Morgan fingerprint density at radius 3 is 2.70 bits per heavy atom. The Morgan fingerprint density at radius 1 is 1.35 bits per heavy atom. The lowest BCUT2D eigenvalue weighted by Gasteiger charge is -2.25. The normalized spacial score (nSPS) is 16.9. The van der Waals surface area contributed by atoms with Crippen LogP contribution in [-0.2, 0) is 16.6 Å². The predicted molar refractivity (Wildman–Crippen MR) is 79.5 cm³/mol. The maximum Gasteiger partial charge on any atom is 0.217 e. The van der Waals surface area contributed by atoms with E-state index in [1.54, 1.807) is 16.7 Å². The number of nitrogens with zero attached hydrogens (tertiary/aromatic N) is 2. The highest BCUT2D eigenvalue weighted by atomic mass is 32.2. The number of aromatic nitrogens is 1. The second kappa shape index (κ2) is 7.15. The minimum Gasteiger partial charge on any atom is -0.330 e. The van der Waals surface area contributed by atoms with Crippen molar-refractivity contribution in [2.75, 3.05) is 13.1 Å². The van der Waals surface area contributed by atoms with Crippen molar-refractivity contribution >= 4 is 10.0 Å². The van der Waals surface area contributed by atoms with Crippen LogP contribution in [0.4, 0.5) is 0 Å². The third-order valence-corrected chi connectivity index (χ3v) is 6.12. The van der Waals surface area contributed by atoms with Gasteiger partial charge in [-0.15, -0.1) is 0 Å². The summed E-state index contributed by atoms with van der Waals surface area (Å²) in [6.45, 7) is 1.39. The van der Waals surface area contributed by atoms with E-state index in [0.29, 0.717) is 26.1 Å². The van der Waals surface area contributed by atoms with Crippen molar-refractivity contribution in [1.82, 2.24) is 9.29 Å². The first kappa shape index (κ1) is 15.4. The maximum atomic E-state index is 12.7. The monoisotopic (exact) mass is 297 g/mol. The van der Waals surface area contributed by atoms with E-state index in [1.807, 2.05) is 12.1 Å². The quantitative estimate of drug-likeness (QED) is 0.827. The van der Waals surface area contributed by atoms with Crippen LogP contribution in [0, 0.1) is 0 Å². The highest BCUT2D eigenvalue weighted by Gasteiger charge is 2.33. The number of nitrogens with two attached hydrogens (primary N) is 1. The molecule has 1 aromatic rings. The molecule has 1 heterocycles. The van der Waals surface area contributed by atoms with Gasteiger partial charge in [0, 0.05) is 25.5 Å². The summed E-state index contributed by atoms with van der Waals surface area (Å²) in [7, 11) is -3.22. The molecule has 0 atom stereocenters. The molecule has 2 N–H and O–H groups in total. The molecule has 2 rings (SSSR count). The first-order valence-corrected chi connectivity index (χ1v) is 8.73. The molecule has 0 unspecified atom stereocenters. The summed E-state index contributed by atoms with van der Waals surface area (Å²) < 4.78 is 27.0. The fourth-order valence-corrected chi connectivity index (χ4v) is 4.72. The van der Waals surface area contributed by atoms with E-state index in [9.17, 15) is 8.42 Å². The lowest BCUT2D eigenvalue weighted by molar-refractivity contribution is 0.394. The van der Waals surface area contributed by atoms with Crippen molar-refractivity contribution in [2.45, 2.75) is 43.9 Å². The third kappa shape index (κ3) is 3.77. The van der Waals surface area contributed by atoms with Crippen LogP contribution in [0.15, 0.2) is 24.5 Å². The molecule has 1 aromatic heterocycles. The van der Waals surface area contributed by atoms with Crippen molar-refractivity contribution < 1.29 is 8.42 Å². The molecule has 5 nitrogen and oxygen atoms in total. The minimum atomic E-state index is -3.22. The van der Waals surface area contributed by atoms with Gasteiger partial charge in [-0.3, -0.25) is 4.98 Å². The second-order valence-corrected chi connectivity index (χ2v) is 7.50. The molecule has 1 saturated carbocycles. The summed E-state index contributed by atoms with van der Waals surface area (Å²) in [4.78, 5) is 4.05. The molecular formula is C14H23N3O2S. The molecule has 0 amide bonds. The van der Waals surface area contributed by atoms with Gasteiger partial charge < -0.3 is 5.73 Å². The highest BCUT2D eigenvalue weighted by Crippen LogP contribution is 2.28. The number of hydrogen-bond donors (Lipinski definition) is 1. The number of pyridine rings is 1. The van der Waals surface area contributed by atoms with E-state index in [-0.39, 0.29) is 5.25 Å². The molecule has 20 heavy (non-hydrogen) atoms. The van der Waals surface area contributed by atoms with E-state index in [1.165, 1.54) is 0 Å². The van der Waals surface area contributed by atoms with Crippen LogP contribution < -0.4 is 5.73 Å².